The molecular weight excluding hydrogens is 180 g/mol. The summed E-state index contributed by atoms with van der Waals surface area (Å²) in [5.41, 5.74) is 4.11. The molecule has 0 heteroatoms. The molecule has 0 nitrogen and oxygen atoms in total. The zero-order valence-corrected chi connectivity index (χ0v) is 9.21. The van der Waals surface area contributed by atoms with Crippen molar-refractivity contribution in [1.29, 1.82) is 0 Å². The Balaban J connectivity index is 2.01. The van der Waals surface area contributed by atoms with Gasteiger partial charge in [0.1, 0.15) is 0 Å². The topological polar surface area (TPSA) is 0 Å². The third kappa shape index (κ3) is 2.82. The van der Waals surface area contributed by atoms with Crippen LogP contribution in [0.25, 0.3) is 5.57 Å². The van der Waals surface area contributed by atoms with Crippen LogP contribution in [0.5, 0.6) is 0 Å². The smallest absolute Gasteiger partial charge is 0.00671 e. The molecule has 1 aliphatic rings. The molecule has 0 amide bonds. The Bertz CT molecular complexity index is 357. The molecule has 2 rings (SSSR count). The lowest BCUT2D eigenvalue weighted by atomic mass is 9.92. The van der Waals surface area contributed by atoms with Crippen molar-refractivity contribution in [2.45, 2.75) is 32.1 Å². The minimum Gasteiger partial charge on any atom is -0.0949 e. The minimum absolute atomic E-state index is 1.06. The summed E-state index contributed by atoms with van der Waals surface area (Å²) < 4.78 is 0. The van der Waals surface area contributed by atoms with Gasteiger partial charge >= 0.3 is 0 Å². The molecule has 0 saturated carbocycles. The molecule has 0 bridgehead atoms. The number of allylic oxidation sites excluding steroid dienone is 3. The second kappa shape index (κ2) is 4.97. The van der Waals surface area contributed by atoms with Crippen LogP contribution in [0.15, 0.2) is 48.6 Å². The van der Waals surface area contributed by atoms with E-state index >= 15 is 0 Å². The summed E-state index contributed by atoms with van der Waals surface area (Å²) in [6.07, 6.45) is 8.71. The van der Waals surface area contributed by atoms with Gasteiger partial charge < -0.3 is 0 Å². The molecule has 1 aromatic carbocycles. The number of hydrogen-bond acceptors (Lipinski definition) is 0. The van der Waals surface area contributed by atoms with Crippen LogP contribution < -0.4 is 0 Å². The predicted octanol–water partition coefficient (Wildman–Crippen LogP) is 4.59. The van der Waals surface area contributed by atoms with Crippen LogP contribution in [0.1, 0.15) is 37.7 Å². The van der Waals surface area contributed by atoms with Crippen LogP contribution in [-0.4, -0.2) is 0 Å². The van der Waals surface area contributed by atoms with E-state index in [1.165, 1.54) is 36.8 Å². The molecule has 0 radical (unpaired) electrons. The molecule has 1 aromatic rings. The maximum Gasteiger partial charge on any atom is -0.00671 e. The summed E-state index contributed by atoms with van der Waals surface area (Å²) in [7, 11) is 0. The normalized spacial score (nSPS) is 15.9. The van der Waals surface area contributed by atoms with Gasteiger partial charge in [-0.25, -0.2) is 0 Å². The van der Waals surface area contributed by atoms with Gasteiger partial charge in [0.05, 0.1) is 0 Å². The van der Waals surface area contributed by atoms with Crippen molar-refractivity contribution in [3.05, 3.63) is 54.1 Å². The van der Waals surface area contributed by atoms with E-state index in [0.717, 1.165) is 6.42 Å². The lowest BCUT2D eigenvalue weighted by Gasteiger charge is -2.14. The SMILES string of the molecule is C=C(CC1=CCCCC1)c1ccccc1. The second-order valence-electron chi connectivity index (χ2n) is 4.25. The first kappa shape index (κ1) is 10.2. The van der Waals surface area contributed by atoms with E-state index in [9.17, 15) is 0 Å². The number of rotatable bonds is 3. The molecule has 0 atom stereocenters. The summed E-state index contributed by atoms with van der Waals surface area (Å²) >= 11 is 0. The average molecular weight is 198 g/mol. The molecule has 0 spiro atoms. The van der Waals surface area contributed by atoms with Gasteiger partial charge in [-0.05, 0) is 43.2 Å². The summed E-state index contributed by atoms with van der Waals surface area (Å²) in [5, 5.41) is 0. The first-order valence-electron chi connectivity index (χ1n) is 5.77. The highest BCUT2D eigenvalue weighted by molar-refractivity contribution is 5.65. The zero-order chi connectivity index (χ0) is 10.5. The largest absolute Gasteiger partial charge is 0.0949 e. The van der Waals surface area contributed by atoms with E-state index in [1.807, 2.05) is 0 Å². The van der Waals surface area contributed by atoms with Crippen LogP contribution in [0.4, 0.5) is 0 Å². The fourth-order valence-corrected chi connectivity index (χ4v) is 2.12. The maximum absolute atomic E-state index is 4.18. The molecular formula is C15H18. The molecule has 0 N–H and O–H groups in total. The Hall–Kier alpha value is -1.30. The molecule has 78 valence electrons. The lowest BCUT2D eigenvalue weighted by molar-refractivity contribution is 0.693. The van der Waals surface area contributed by atoms with E-state index in [2.05, 4.69) is 43.0 Å². The van der Waals surface area contributed by atoms with E-state index in [1.54, 1.807) is 5.57 Å². The highest BCUT2D eigenvalue weighted by Gasteiger charge is 2.06. The van der Waals surface area contributed by atoms with Crippen molar-refractivity contribution in [3.8, 4) is 0 Å². The monoisotopic (exact) mass is 198 g/mol. The van der Waals surface area contributed by atoms with Gasteiger partial charge in [0.15, 0.2) is 0 Å². The highest BCUT2D eigenvalue weighted by Crippen LogP contribution is 2.26. The molecule has 1 aliphatic carbocycles. The lowest BCUT2D eigenvalue weighted by Crippen LogP contribution is -1.93. The first-order valence-corrected chi connectivity index (χ1v) is 5.77. The Morgan fingerprint density at radius 1 is 1.13 bits per heavy atom. The molecule has 0 aromatic heterocycles. The van der Waals surface area contributed by atoms with Gasteiger partial charge in [-0.15, -0.1) is 0 Å². The Morgan fingerprint density at radius 3 is 2.60 bits per heavy atom. The fraction of sp³-hybridized carbons (Fsp3) is 0.333. The van der Waals surface area contributed by atoms with Crippen LogP contribution in [-0.2, 0) is 0 Å². The van der Waals surface area contributed by atoms with Crippen LogP contribution in [0, 0.1) is 0 Å². The van der Waals surface area contributed by atoms with Gasteiger partial charge in [-0.2, -0.15) is 0 Å². The van der Waals surface area contributed by atoms with Crippen LogP contribution >= 0.6 is 0 Å². The minimum atomic E-state index is 1.06. The van der Waals surface area contributed by atoms with Gasteiger partial charge in [0.2, 0.25) is 0 Å². The maximum atomic E-state index is 4.18. The zero-order valence-electron chi connectivity index (χ0n) is 9.21. The van der Waals surface area contributed by atoms with Crippen molar-refractivity contribution in [1.82, 2.24) is 0 Å². The van der Waals surface area contributed by atoms with Crippen molar-refractivity contribution in [2.75, 3.05) is 0 Å². The third-order valence-corrected chi connectivity index (χ3v) is 3.01. The molecule has 0 unspecified atom stereocenters. The Labute approximate surface area is 92.3 Å². The summed E-state index contributed by atoms with van der Waals surface area (Å²) in [4.78, 5) is 0. The molecule has 0 fully saturated rings. The fourth-order valence-electron chi connectivity index (χ4n) is 2.12. The molecule has 15 heavy (non-hydrogen) atoms. The third-order valence-electron chi connectivity index (χ3n) is 3.01. The van der Waals surface area contributed by atoms with Gasteiger partial charge in [-0.3, -0.25) is 0 Å². The van der Waals surface area contributed by atoms with Gasteiger partial charge in [0.25, 0.3) is 0 Å². The molecule has 0 aliphatic heterocycles. The standard InChI is InChI=1S/C15H18/c1-13(15-10-6-3-7-11-15)12-14-8-4-2-5-9-14/h3,6-8,10-11H,1-2,4-5,9,12H2. The van der Waals surface area contributed by atoms with Crippen molar-refractivity contribution in [3.63, 3.8) is 0 Å². The molecule has 0 saturated heterocycles. The van der Waals surface area contributed by atoms with Gasteiger partial charge in [0, 0.05) is 0 Å². The summed E-state index contributed by atoms with van der Waals surface area (Å²) in [6, 6.07) is 10.5. The molecule has 0 heterocycles. The van der Waals surface area contributed by atoms with E-state index in [4.69, 9.17) is 0 Å². The van der Waals surface area contributed by atoms with Gasteiger partial charge in [-0.1, -0.05) is 48.6 Å². The van der Waals surface area contributed by atoms with Crippen LogP contribution in [0.2, 0.25) is 0 Å². The van der Waals surface area contributed by atoms with E-state index < -0.39 is 0 Å². The Morgan fingerprint density at radius 2 is 1.93 bits per heavy atom. The first-order chi connectivity index (χ1) is 7.36. The van der Waals surface area contributed by atoms with Crippen molar-refractivity contribution in [2.24, 2.45) is 0 Å². The van der Waals surface area contributed by atoms with Crippen LogP contribution in [0.3, 0.4) is 0 Å². The quantitative estimate of drug-likeness (QED) is 0.623. The summed E-state index contributed by atoms with van der Waals surface area (Å²) in [6.45, 7) is 4.18. The predicted molar refractivity (Wildman–Crippen MR) is 66.6 cm³/mol. The number of hydrogen-bond donors (Lipinski definition) is 0. The number of benzene rings is 1. The summed E-state index contributed by atoms with van der Waals surface area (Å²) in [5.74, 6) is 0. The van der Waals surface area contributed by atoms with Crippen molar-refractivity contribution >= 4 is 5.57 Å². The Kier molecular flexibility index (Phi) is 3.39. The van der Waals surface area contributed by atoms with Crippen molar-refractivity contribution < 1.29 is 0 Å². The van der Waals surface area contributed by atoms with E-state index in [0.29, 0.717) is 0 Å². The average Bonchev–Trinajstić information content (AvgIpc) is 2.31. The highest BCUT2D eigenvalue weighted by atomic mass is 14.1. The van der Waals surface area contributed by atoms with E-state index in [-0.39, 0.29) is 0 Å². The second-order valence-corrected chi connectivity index (χ2v) is 4.25.